The van der Waals surface area contributed by atoms with Crippen LogP contribution in [-0.4, -0.2) is 28.8 Å². The van der Waals surface area contributed by atoms with Gasteiger partial charge in [-0.05, 0) is 19.4 Å². The molecule has 0 spiro atoms. The van der Waals surface area contributed by atoms with Crippen molar-refractivity contribution in [2.75, 3.05) is 13.1 Å². The topological polar surface area (TPSA) is 54.9 Å². The SMILES string of the molecule is CCC1(C(=O)c2cnccn2)CCNC1. The van der Waals surface area contributed by atoms with Crippen LogP contribution in [0.5, 0.6) is 0 Å². The fourth-order valence-corrected chi connectivity index (χ4v) is 2.09. The van der Waals surface area contributed by atoms with E-state index in [0.29, 0.717) is 5.69 Å². The van der Waals surface area contributed by atoms with E-state index in [1.165, 1.54) is 0 Å². The minimum Gasteiger partial charge on any atom is -0.316 e. The first kappa shape index (κ1) is 10.2. The Morgan fingerprint density at radius 1 is 1.60 bits per heavy atom. The van der Waals surface area contributed by atoms with E-state index < -0.39 is 0 Å². The fourth-order valence-electron chi connectivity index (χ4n) is 2.09. The number of rotatable bonds is 3. The molecule has 2 rings (SSSR count). The van der Waals surface area contributed by atoms with Crippen molar-refractivity contribution in [2.24, 2.45) is 5.41 Å². The van der Waals surface area contributed by atoms with E-state index in [2.05, 4.69) is 22.2 Å². The highest BCUT2D eigenvalue weighted by atomic mass is 16.1. The Hall–Kier alpha value is -1.29. The molecule has 1 aliphatic heterocycles. The second kappa shape index (κ2) is 4.06. The molecular formula is C11H15N3O. The van der Waals surface area contributed by atoms with Gasteiger partial charge in [0.15, 0.2) is 5.78 Å². The maximum Gasteiger partial charge on any atom is 0.190 e. The number of nitrogens with zero attached hydrogens (tertiary/aromatic N) is 2. The van der Waals surface area contributed by atoms with Gasteiger partial charge in [-0.15, -0.1) is 0 Å². The Labute approximate surface area is 89.1 Å². The summed E-state index contributed by atoms with van der Waals surface area (Å²) in [6.45, 7) is 3.74. The molecule has 1 N–H and O–H groups in total. The molecule has 80 valence electrons. The molecule has 1 fully saturated rings. The lowest BCUT2D eigenvalue weighted by Crippen LogP contribution is -2.33. The molecular weight excluding hydrogens is 190 g/mol. The number of hydrogen-bond acceptors (Lipinski definition) is 4. The summed E-state index contributed by atoms with van der Waals surface area (Å²) in [7, 11) is 0. The summed E-state index contributed by atoms with van der Waals surface area (Å²) in [6, 6.07) is 0. The number of ketones is 1. The van der Waals surface area contributed by atoms with E-state index in [-0.39, 0.29) is 11.2 Å². The van der Waals surface area contributed by atoms with Crippen LogP contribution in [0, 0.1) is 5.41 Å². The average molecular weight is 205 g/mol. The monoisotopic (exact) mass is 205 g/mol. The zero-order chi connectivity index (χ0) is 10.7. The van der Waals surface area contributed by atoms with Crippen molar-refractivity contribution in [2.45, 2.75) is 19.8 Å². The van der Waals surface area contributed by atoms with Crippen molar-refractivity contribution in [3.63, 3.8) is 0 Å². The van der Waals surface area contributed by atoms with Crippen LogP contribution in [0.2, 0.25) is 0 Å². The first-order valence-corrected chi connectivity index (χ1v) is 5.30. The van der Waals surface area contributed by atoms with E-state index in [0.717, 1.165) is 25.9 Å². The summed E-state index contributed by atoms with van der Waals surface area (Å²) in [5, 5.41) is 3.25. The second-order valence-corrected chi connectivity index (χ2v) is 3.98. The molecule has 0 aromatic carbocycles. The summed E-state index contributed by atoms with van der Waals surface area (Å²) >= 11 is 0. The molecule has 1 saturated heterocycles. The zero-order valence-electron chi connectivity index (χ0n) is 8.86. The molecule has 0 saturated carbocycles. The van der Waals surface area contributed by atoms with Gasteiger partial charge in [-0.1, -0.05) is 6.92 Å². The van der Waals surface area contributed by atoms with Crippen molar-refractivity contribution in [1.29, 1.82) is 0 Å². The largest absolute Gasteiger partial charge is 0.316 e. The van der Waals surface area contributed by atoms with Gasteiger partial charge in [0.05, 0.1) is 6.20 Å². The van der Waals surface area contributed by atoms with Gasteiger partial charge in [0.2, 0.25) is 0 Å². The highest BCUT2D eigenvalue weighted by Gasteiger charge is 2.40. The van der Waals surface area contributed by atoms with Gasteiger partial charge in [-0.25, -0.2) is 4.98 Å². The molecule has 15 heavy (non-hydrogen) atoms. The lowest BCUT2D eigenvalue weighted by Gasteiger charge is -2.23. The smallest absolute Gasteiger partial charge is 0.190 e. The first-order valence-electron chi connectivity index (χ1n) is 5.30. The summed E-state index contributed by atoms with van der Waals surface area (Å²) in [5.74, 6) is 0.128. The molecule has 1 aromatic rings. The maximum atomic E-state index is 12.3. The Morgan fingerprint density at radius 3 is 3.00 bits per heavy atom. The molecule has 1 unspecified atom stereocenters. The minimum absolute atomic E-state index is 0.128. The van der Waals surface area contributed by atoms with Crippen molar-refractivity contribution in [1.82, 2.24) is 15.3 Å². The molecule has 1 aliphatic rings. The van der Waals surface area contributed by atoms with Crippen LogP contribution in [0.1, 0.15) is 30.3 Å². The molecule has 0 aliphatic carbocycles. The number of carbonyl (C=O) groups excluding carboxylic acids is 1. The Morgan fingerprint density at radius 2 is 2.47 bits per heavy atom. The van der Waals surface area contributed by atoms with Crippen LogP contribution in [0.4, 0.5) is 0 Å². The van der Waals surface area contributed by atoms with Crippen LogP contribution < -0.4 is 5.32 Å². The third kappa shape index (κ3) is 1.77. The quantitative estimate of drug-likeness (QED) is 0.749. The molecule has 1 atom stereocenters. The van der Waals surface area contributed by atoms with Crippen LogP contribution in [-0.2, 0) is 0 Å². The Kier molecular flexibility index (Phi) is 2.77. The number of Topliss-reactive ketones (excluding diaryl/α,β-unsaturated/α-hetero) is 1. The summed E-state index contributed by atoms with van der Waals surface area (Å²) in [5.41, 5.74) is 0.235. The predicted molar refractivity (Wildman–Crippen MR) is 56.6 cm³/mol. The molecule has 1 aromatic heterocycles. The molecule has 0 radical (unpaired) electrons. The van der Waals surface area contributed by atoms with Crippen molar-refractivity contribution >= 4 is 5.78 Å². The average Bonchev–Trinajstić information content (AvgIpc) is 2.79. The van der Waals surface area contributed by atoms with Gasteiger partial charge >= 0.3 is 0 Å². The van der Waals surface area contributed by atoms with Crippen LogP contribution >= 0.6 is 0 Å². The number of aromatic nitrogens is 2. The second-order valence-electron chi connectivity index (χ2n) is 3.98. The van der Waals surface area contributed by atoms with E-state index in [1.54, 1.807) is 18.6 Å². The summed E-state index contributed by atoms with van der Waals surface area (Å²) < 4.78 is 0. The van der Waals surface area contributed by atoms with E-state index in [4.69, 9.17) is 0 Å². The standard InChI is InChI=1S/C11H15N3O/c1-2-11(3-4-13-8-11)10(15)9-7-12-5-6-14-9/h5-7,13H,2-4,8H2,1H3. The van der Waals surface area contributed by atoms with E-state index in [9.17, 15) is 4.79 Å². The highest BCUT2D eigenvalue weighted by molar-refractivity contribution is 5.99. The lowest BCUT2D eigenvalue weighted by atomic mass is 9.79. The van der Waals surface area contributed by atoms with Gasteiger partial charge in [-0.3, -0.25) is 9.78 Å². The Balaban J connectivity index is 2.27. The minimum atomic E-state index is -0.254. The summed E-state index contributed by atoms with van der Waals surface area (Å²) in [6.07, 6.45) is 6.47. The first-order chi connectivity index (χ1) is 7.28. The molecule has 4 nitrogen and oxygen atoms in total. The van der Waals surface area contributed by atoms with Gasteiger partial charge in [0, 0.05) is 24.4 Å². The van der Waals surface area contributed by atoms with Crippen molar-refractivity contribution < 1.29 is 4.79 Å². The van der Waals surface area contributed by atoms with Gasteiger partial charge in [0.1, 0.15) is 5.69 Å². The highest BCUT2D eigenvalue weighted by Crippen LogP contribution is 2.32. The normalized spacial score (nSPS) is 25.4. The molecule has 0 bridgehead atoms. The maximum absolute atomic E-state index is 12.3. The number of carbonyl (C=O) groups is 1. The lowest BCUT2D eigenvalue weighted by molar-refractivity contribution is 0.0804. The van der Waals surface area contributed by atoms with Crippen molar-refractivity contribution in [3.05, 3.63) is 24.3 Å². The van der Waals surface area contributed by atoms with Gasteiger partial charge in [-0.2, -0.15) is 0 Å². The van der Waals surface area contributed by atoms with Gasteiger partial charge in [0.25, 0.3) is 0 Å². The fraction of sp³-hybridized carbons (Fsp3) is 0.545. The third-order valence-corrected chi connectivity index (χ3v) is 3.20. The van der Waals surface area contributed by atoms with E-state index >= 15 is 0 Å². The summed E-state index contributed by atoms with van der Waals surface area (Å²) in [4.78, 5) is 20.3. The van der Waals surface area contributed by atoms with Crippen molar-refractivity contribution in [3.8, 4) is 0 Å². The molecule has 0 amide bonds. The number of hydrogen-bond donors (Lipinski definition) is 1. The third-order valence-electron chi connectivity index (χ3n) is 3.20. The zero-order valence-corrected chi connectivity index (χ0v) is 8.86. The van der Waals surface area contributed by atoms with Crippen LogP contribution in [0.3, 0.4) is 0 Å². The van der Waals surface area contributed by atoms with Gasteiger partial charge < -0.3 is 5.32 Å². The van der Waals surface area contributed by atoms with Crippen LogP contribution in [0.15, 0.2) is 18.6 Å². The molecule has 2 heterocycles. The predicted octanol–water partition coefficient (Wildman–Crippen LogP) is 1.05. The molecule has 4 heteroatoms. The number of nitrogens with one attached hydrogen (secondary N) is 1. The van der Waals surface area contributed by atoms with Crippen LogP contribution in [0.25, 0.3) is 0 Å². The Bertz CT molecular complexity index is 344. The van der Waals surface area contributed by atoms with E-state index in [1.807, 2.05) is 0 Å².